The summed E-state index contributed by atoms with van der Waals surface area (Å²) >= 11 is 3.54. The lowest BCUT2D eigenvalue weighted by molar-refractivity contribution is 0.394. The van der Waals surface area contributed by atoms with E-state index in [4.69, 9.17) is 9.47 Å². The smallest absolute Gasteiger partial charge is 0.124 e. The minimum Gasteiger partial charge on any atom is -0.497 e. The third-order valence-electron chi connectivity index (χ3n) is 3.10. The summed E-state index contributed by atoms with van der Waals surface area (Å²) in [5.74, 6) is 1.58. The molecule has 106 valence electrons. The maximum absolute atomic E-state index is 5.45. The van der Waals surface area contributed by atoms with E-state index in [9.17, 15) is 0 Å². The van der Waals surface area contributed by atoms with Gasteiger partial charge in [0.15, 0.2) is 0 Å². The Morgan fingerprint density at radius 2 is 2.00 bits per heavy atom. The van der Waals surface area contributed by atoms with E-state index in [1.165, 1.54) is 0 Å². The average Bonchev–Trinajstić information content (AvgIpc) is 2.49. The number of nitrogens with one attached hydrogen (secondary N) is 1. The van der Waals surface area contributed by atoms with E-state index in [0.717, 1.165) is 27.2 Å². The van der Waals surface area contributed by atoms with Gasteiger partial charge in [0.25, 0.3) is 0 Å². The number of nitrogens with zero attached hydrogens (tertiary/aromatic N) is 1. The zero-order chi connectivity index (χ0) is 14.5. The van der Waals surface area contributed by atoms with Gasteiger partial charge < -0.3 is 14.8 Å². The molecule has 1 aromatic carbocycles. The largest absolute Gasteiger partial charge is 0.497 e. The number of ether oxygens (including phenoxy) is 2. The van der Waals surface area contributed by atoms with Crippen molar-refractivity contribution in [1.82, 2.24) is 10.3 Å². The highest BCUT2D eigenvalue weighted by Crippen LogP contribution is 2.34. The highest BCUT2D eigenvalue weighted by Gasteiger charge is 2.20. The van der Waals surface area contributed by atoms with E-state index in [2.05, 4.69) is 26.2 Å². The van der Waals surface area contributed by atoms with Gasteiger partial charge in [0.1, 0.15) is 11.5 Å². The van der Waals surface area contributed by atoms with Crippen LogP contribution < -0.4 is 14.8 Å². The molecule has 0 bridgehead atoms. The van der Waals surface area contributed by atoms with Crippen molar-refractivity contribution < 1.29 is 9.47 Å². The van der Waals surface area contributed by atoms with Crippen molar-refractivity contribution in [2.75, 3.05) is 21.3 Å². The number of benzene rings is 1. The van der Waals surface area contributed by atoms with Gasteiger partial charge in [0, 0.05) is 16.2 Å². The maximum Gasteiger partial charge on any atom is 0.124 e. The number of halogens is 1. The summed E-state index contributed by atoms with van der Waals surface area (Å²) in [4.78, 5) is 4.45. The van der Waals surface area contributed by atoms with Crippen LogP contribution in [0.1, 0.15) is 17.3 Å². The molecule has 1 atom stereocenters. The van der Waals surface area contributed by atoms with Crippen LogP contribution >= 0.6 is 15.9 Å². The molecule has 1 aromatic heterocycles. The molecule has 0 saturated heterocycles. The molecule has 0 fully saturated rings. The minimum atomic E-state index is -0.0874. The quantitative estimate of drug-likeness (QED) is 0.910. The van der Waals surface area contributed by atoms with Gasteiger partial charge in [-0.2, -0.15) is 0 Å². The van der Waals surface area contributed by atoms with Gasteiger partial charge in [0.2, 0.25) is 0 Å². The second-order valence-electron chi connectivity index (χ2n) is 4.20. The summed E-state index contributed by atoms with van der Waals surface area (Å²) in [6.45, 7) is 0. The Morgan fingerprint density at radius 1 is 1.20 bits per heavy atom. The fraction of sp³-hybridized carbons (Fsp3) is 0.267. The van der Waals surface area contributed by atoms with Crippen molar-refractivity contribution in [2.45, 2.75) is 6.04 Å². The van der Waals surface area contributed by atoms with Crippen LogP contribution in [0.5, 0.6) is 11.5 Å². The van der Waals surface area contributed by atoms with Crippen molar-refractivity contribution in [3.63, 3.8) is 0 Å². The van der Waals surface area contributed by atoms with Gasteiger partial charge >= 0.3 is 0 Å². The second-order valence-corrected chi connectivity index (χ2v) is 5.05. The van der Waals surface area contributed by atoms with E-state index < -0.39 is 0 Å². The molecule has 4 nitrogen and oxygen atoms in total. The van der Waals surface area contributed by atoms with Gasteiger partial charge in [-0.3, -0.25) is 4.98 Å². The summed E-state index contributed by atoms with van der Waals surface area (Å²) in [5.41, 5.74) is 1.88. The molecule has 0 aliphatic carbocycles. The van der Waals surface area contributed by atoms with Gasteiger partial charge in [-0.25, -0.2) is 0 Å². The molecule has 0 aliphatic rings. The molecule has 0 spiro atoms. The minimum absolute atomic E-state index is 0.0874. The zero-order valence-electron chi connectivity index (χ0n) is 11.7. The molecule has 5 heteroatoms. The van der Waals surface area contributed by atoms with E-state index in [1.807, 2.05) is 37.4 Å². The Labute approximate surface area is 127 Å². The molecule has 1 N–H and O–H groups in total. The molecule has 1 heterocycles. The lowest BCUT2D eigenvalue weighted by Crippen LogP contribution is -2.20. The standard InChI is InChI=1S/C15H17BrN2O2/c1-17-14(15-12(16)5-4-8-18-15)11-9-10(19-2)6-7-13(11)20-3/h4-9,14,17H,1-3H3. The Bertz CT molecular complexity index is 590. The second kappa shape index (κ2) is 6.72. The van der Waals surface area contributed by atoms with Crippen LogP contribution in [0.4, 0.5) is 0 Å². The molecule has 20 heavy (non-hydrogen) atoms. The normalized spacial score (nSPS) is 12.0. The van der Waals surface area contributed by atoms with Crippen LogP contribution in [0.25, 0.3) is 0 Å². The number of methoxy groups -OCH3 is 2. The Balaban J connectivity index is 2.54. The number of pyridine rings is 1. The van der Waals surface area contributed by atoms with Crippen molar-refractivity contribution >= 4 is 15.9 Å². The first-order chi connectivity index (χ1) is 9.71. The third-order valence-corrected chi connectivity index (χ3v) is 3.77. The predicted octanol–water partition coefficient (Wildman–Crippen LogP) is 3.17. The lowest BCUT2D eigenvalue weighted by Gasteiger charge is -2.20. The molecular weight excluding hydrogens is 320 g/mol. The molecule has 1 unspecified atom stereocenters. The topological polar surface area (TPSA) is 43.4 Å². The van der Waals surface area contributed by atoms with Crippen molar-refractivity contribution in [2.24, 2.45) is 0 Å². The van der Waals surface area contributed by atoms with Crippen molar-refractivity contribution in [1.29, 1.82) is 0 Å². The van der Waals surface area contributed by atoms with Gasteiger partial charge in [-0.15, -0.1) is 0 Å². The highest BCUT2D eigenvalue weighted by molar-refractivity contribution is 9.10. The maximum atomic E-state index is 5.45. The Morgan fingerprint density at radius 3 is 2.60 bits per heavy atom. The van der Waals surface area contributed by atoms with E-state index in [1.54, 1.807) is 20.4 Å². The predicted molar refractivity (Wildman–Crippen MR) is 82.4 cm³/mol. The molecule has 0 saturated carbocycles. The van der Waals surface area contributed by atoms with Crippen LogP contribution in [-0.4, -0.2) is 26.3 Å². The fourth-order valence-corrected chi connectivity index (χ4v) is 2.60. The average molecular weight is 337 g/mol. The fourth-order valence-electron chi connectivity index (χ4n) is 2.11. The van der Waals surface area contributed by atoms with Crippen LogP contribution in [0, 0.1) is 0 Å². The summed E-state index contributed by atoms with van der Waals surface area (Å²) in [5, 5.41) is 3.27. The zero-order valence-corrected chi connectivity index (χ0v) is 13.3. The van der Waals surface area contributed by atoms with Crippen molar-refractivity contribution in [3.05, 3.63) is 52.3 Å². The third kappa shape index (κ3) is 2.94. The van der Waals surface area contributed by atoms with Crippen LogP contribution in [-0.2, 0) is 0 Å². The molecule has 0 radical (unpaired) electrons. The number of hydrogen-bond acceptors (Lipinski definition) is 4. The van der Waals surface area contributed by atoms with Crippen LogP contribution in [0.3, 0.4) is 0 Å². The van der Waals surface area contributed by atoms with E-state index in [0.29, 0.717) is 0 Å². The van der Waals surface area contributed by atoms with Gasteiger partial charge in [-0.05, 0) is 53.3 Å². The highest BCUT2D eigenvalue weighted by atomic mass is 79.9. The first kappa shape index (κ1) is 14.8. The Hall–Kier alpha value is -1.59. The SMILES string of the molecule is CNC(c1cc(OC)ccc1OC)c1ncccc1Br. The first-order valence-corrected chi connectivity index (χ1v) is 7.00. The molecule has 2 aromatic rings. The molecular formula is C15H17BrN2O2. The summed E-state index contributed by atoms with van der Waals surface area (Å²) in [7, 11) is 5.20. The molecule has 0 amide bonds. The van der Waals surface area contributed by atoms with Crippen molar-refractivity contribution in [3.8, 4) is 11.5 Å². The Kier molecular flexibility index (Phi) is 4.98. The molecule has 0 aliphatic heterocycles. The van der Waals surface area contributed by atoms with E-state index >= 15 is 0 Å². The van der Waals surface area contributed by atoms with E-state index in [-0.39, 0.29) is 6.04 Å². The molecule has 2 rings (SSSR count). The summed E-state index contributed by atoms with van der Waals surface area (Å²) < 4.78 is 11.7. The summed E-state index contributed by atoms with van der Waals surface area (Å²) in [6, 6.07) is 9.51. The number of aromatic nitrogens is 1. The lowest BCUT2D eigenvalue weighted by atomic mass is 10.0. The van der Waals surface area contributed by atoms with Crippen LogP contribution in [0.15, 0.2) is 41.0 Å². The monoisotopic (exact) mass is 336 g/mol. The van der Waals surface area contributed by atoms with Gasteiger partial charge in [0.05, 0.1) is 26.0 Å². The number of rotatable bonds is 5. The van der Waals surface area contributed by atoms with Gasteiger partial charge in [-0.1, -0.05) is 0 Å². The first-order valence-electron chi connectivity index (χ1n) is 6.20. The summed E-state index contributed by atoms with van der Waals surface area (Å²) in [6.07, 6.45) is 1.77. The van der Waals surface area contributed by atoms with Crippen LogP contribution in [0.2, 0.25) is 0 Å². The number of hydrogen-bond donors (Lipinski definition) is 1.